The molecule has 0 aliphatic heterocycles. The van der Waals surface area contributed by atoms with Crippen molar-refractivity contribution in [3.8, 4) is 0 Å². The first-order valence-electron chi connectivity index (χ1n) is 7.53. The number of rotatable bonds is 5. The van der Waals surface area contributed by atoms with E-state index in [9.17, 15) is 9.59 Å². The van der Waals surface area contributed by atoms with Crippen LogP contribution in [0.1, 0.15) is 22.3 Å². The molecule has 2 aromatic rings. The van der Waals surface area contributed by atoms with E-state index in [1.807, 2.05) is 63.2 Å². The Morgan fingerprint density at radius 3 is 2.22 bits per heavy atom. The largest absolute Gasteiger partial charge is 0.455 e. The van der Waals surface area contributed by atoms with Gasteiger partial charge < -0.3 is 10.1 Å². The molecule has 0 fully saturated rings. The lowest BCUT2D eigenvalue weighted by molar-refractivity contribution is -0.146. The van der Waals surface area contributed by atoms with Gasteiger partial charge in [0.1, 0.15) is 0 Å². The molecule has 0 aromatic heterocycles. The summed E-state index contributed by atoms with van der Waals surface area (Å²) in [6.07, 6.45) is 0.163. The third kappa shape index (κ3) is 4.95. The molecule has 0 saturated heterocycles. The third-order valence-corrected chi connectivity index (χ3v) is 3.50. The van der Waals surface area contributed by atoms with E-state index < -0.39 is 5.97 Å². The first kappa shape index (κ1) is 16.7. The third-order valence-electron chi connectivity index (χ3n) is 3.50. The Kier molecular flexibility index (Phi) is 5.52. The molecule has 0 aliphatic carbocycles. The lowest BCUT2D eigenvalue weighted by Gasteiger charge is -2.13. The van der Waals surface area contributed by atoms with Crippen molar-refractivity contribution in [2.24, 2.45) is 0 Å². The van der Waals surface area contributed by atoms with Crippen LogP contribution in [0.3, 0.4) is 0 Å². The zero-order valence-electron chi connectivity index (χ0n) is 13.7. The zero-order valence-corrected chi connectivity index (χ0v) is 13.7. The standard InChI is InChI=1S/C19H21NO3/c1-13-9-14(2)19(15(3)10-13)20-17(21)12-23-18(22)11-16-7-5-4-6-8-16/h4-10H,11-12H2,1-3H3,(H,20,21). The Labute approximate surface area is 136 Å². The van der Waals surface area contributed by atoms with Crippen molar-refractivity contribution in [1.29, 1.82) is 0 Å². The predicted molar refractivity (Wildman–Crippen MR) is 90.4 cm³/mol. The fraction of sp³-hybridized carbons (Fsp3) is 0.263. The van der Waals surface area contributed by atoms with Crippen LogP contribution in [0.5, 0.6) is 0 Å². The topological polar surface area (TPSA) is 55.4 Å². The summed E-state index contributed by atoms with van der Waals surface area (Å²) in [4.78, 5) is 23.7. The molecule has 23 heavy (non-hydrogen) atoms. The van der Waals surface area contributed by atoms with Gasteiger partial charge in [0.25, 0.3) is 5.91 Å². The van der Waals surface area contributed by atoms with Crippen LogP contribution < -0.4 is 5.32 Å². The highest BCUT2D eigenvalue weighted by atomic mass is 16.5. The van der Waals surface area contributed by atoms with E-state index in [1.165, 1.54) is 0 Å². The highest BCUT2D eigenvalue weighted by Gasteiger charge is 2.11. The van der Waals surface area contributed by atoms with Crippen LogP contribution in [-0.2, 0) is 20.7 Å². The lowest BCUT2D eigenvalue weighted by atomic mass is 10.1. The molecule has 2 rings (SSSR count). The number of benzene rings is 2. The van der Waals surface area contributed by atoms with Crippen LogP contribution in [0, 0.1) is 20.8 Å². The molecule has 4 heteroatoms. The highest BCUT2D eigenvalue weighted by molar-refractivity contribution is 5.94. The molecule has 0 radical (unpaired) electrons. The molecule has 0 aliphatic rings. The SMILES string of the molecule is Cc1cc(C)c(NC(=O)COC(=O)Cc2ccccc2)c(C)c1. The Bertz CT molecular complexity index is 685. The monoisotopic (exact) mass is 311 g/mol. The second kappa shape index (κ2) is 7.58. The van der Waals surface area contributed by atoms with Gasteiger partial charge in [-0.3, -0.25) is 9.59 Å². The van der Waals surface area contributed by atoms with Gasteiger partial charge in [0.05, 0.1) is 6.42 Å². The van der Waals surface area contributed by atoms with Gasteiger partial charge >= 0.3 is 5.97 Å². The van der Waals surface area contributed by atoms with Gasteiger partial charge in [-0.2, -0.15) is 0 Å². The summed E-state index contributed by atoms with van der Waals surface area (Å²) < 4.78 is 5.03. The first-order valence-corrected chi connectivity index (χ1v) is 7.53. The molecule has 0 heterocycles. The maximum Gasteiger partial charge on any atom is 0.310 e. The molecule has 0 atom stereocenters. The van der Waals surface area contributed by atoms with Crippen LogP contribution in [0.25, 0.3) is 0 Å². The average Bonchev–Trinajstić information content (AvgIpc) is 2.50. The van der Waals surface area contributed by atoms with E-state index in [1.54, 1.807) is 0 Å². The molecule has 0 bridgehead atoms. The first-order chi connectivity index (χ1) is 11.0. The van der Waals surface area contributed by atoms with Crippen LogP contribution >= 0.6 is 0 Å². The van der Waals surface area contributed by atoms with Gasteiger partial charge in [-0.15, -0.1) is 0 Å². The summed E-state index contributed by atoms with van der Waals surface area (Å²) >= 11 is 0. The number of hydrogen-bond acceptors (Lipinski definition) is 3. The average molecular weight is 311 g/mol. The maximum absolute atomic E-state index is 12.0. The van der Waals surface area contributed by atoms with Crippen molar-refractivity contribution in [3.05, 3.63) is 64.7 Å². The predicted octanol–water partition coefficient (Wildman–Crippen LogP) is 3.34. The molecule has 1 amide bonds. The number of anilines is 1. The Hall–Kier alpha value is -2.62. The number of ether oxygens (including phenoxy) is 1. The van der Waals surface area contributed by atoms with Gasteiger partial charge in [-0.05, 0) is 37.5 Å². The molecular weight excluding hydrogens is 290 g/mol. The van der Waals surface area contributed by atoms with Crippen molar-refractivity contribution in [2.75, 3.05) is 11.9 Å². The van der Waals surface area contributed by atoms with Crippen molar-refractivity contribution in [1.82, 2.24) is 0 Å². The van der Waals surface area contributed by atoms with Crippen molar-refractivity contribution in [3.63, 3.8) is 0 Å². The van der Waals surface area contributed by atoms with Crippen LogP contribution in [0.2, 0.25) is 0 Å². The van der Waals surface area contributed by atoms with Crippen molar-refractivity contribution < 1.29 is 14.3 Å². The van der Waals surface area contributed by atoms with E-state index in [-0.39, 0.29) is 18.9 Å². The number of carbonyl (C=O) groups excluding carboxylic acids is 2. The minimum atomic E-state index is -0.413. The minimum Gasteiger partial charge on any atom is -0.455 e. The Morgan fingerprint density at radius 1 is 1.00 bits per heavy atom. The number of nitrogens with one attached hydrogen (secondary N) is 1. The maximum atomic E-state index is 12.0. The number of amides is 1. The van der Waals surface area contributed by atoms with Crippen molar-refractivity contribution in [2.45, 2.75) is 27.2 Å². The minimum absolute atomic E-state index is 0.163. The van der Waals surface area contributed by atoms with E-state index in [0.29, 0.717) is 0 Å². The van der Waals surface area contributed by atoms with Gasteiger partial charge in [-0.25, -0.2) is 0 Å². The second-order valence-electron chi connectivity index (χ2n) is 5.64. The van der Waals surface area contributed by atoms with E-state index >= 15 is 0 Å². The lowest BCUT2D eigenvalue weighted by Crippen LogP contribution is -2.22. The summed E-state index contributed by atoms with van der Waals surface area (Å²) in [7, 11) is 0. The Balaban J connectivity index is 1.87. The molecular formula is C19H21NO3. The molecule has 4 nitrogen and oxygen atoms in total. The molecule has 2 aromatic carbocycles. The number of hydrogen-bond donors (Lipinski definition) is 1. The highest BCUT2D eigenvalue weighted by Crippen LogP contribution is 2.21. The molecule has 0 saturated carbocycles. The zero-order chi connectivity index (χ0) is 16.8. The summed E-state index contributed by atoms with van der Waals surface area (Å²) in [6, 6.07) is 13.3. The number of esters is 1. The summed E-state index contributed by atoms with van der Waals surface area (Å²) in [6.45, 7) is 5.61. The van der Waals surface area contributed by atoms with Gasteiger partial charge in [-0.1, -0.05) is 48.0 Å². The fourth-order valence-corrected chi connectivity index (χ4v) is 2.51. The number of aryl methyl sites for hydroxylation is 3. The number of carbonyl (C=O) groups is 2. The normalized spacial score (nSPS) is 10.2. The van der Waals surface area contributed by atoms with Crippen LogP contribution in [-0.4, -0.2) is 18.5 Å². The van der Waals surface area contributed by atoms with E-state index in [4.69, 9.17) is 4.74 Å². The van der Waals surface area contributed by atoms with Crippen molar-refractivity contribution >= 4 is 17.6 Å². The summed E-state index contributed by atoms with van der Waals surface area (Å²) in [5.74, 6) is -0.745. The summed E-state index contributed by atoms with van der Waals surface area (Å²) in [5.41, 5.74) is 4.77. The molecule has 1 N–H and O–H groups in total. The quantitative estimate of drug-likeness (QED) is 0.862. The molecule has 0 unspecified atom stereocenters. The second-order valence-corrected chi connectivity index (χ2v) is 5.64. The smallest absolute Gasteiger partial charge is 0.310 e. The Morgan fingerprint density at radius 2 is 1.61 bits per heavy atom. The van der Waals surface area contributed by atoms with Gasteiger partial charge in [0.15, 0.2) is 6.61 Å². The molecule has 0 spiro atoms. The summed E-state index contributed by atoms with van der Waals surface area (Å²) in [5, 5.41) is 2.81. The van der Waals surface area contributed by atoms with E-state index in [2.05, 4.69) is 5.32 Å². The molecule has 120 valence electrons. The van der Waals surface area contributed by atoms with Gasteiger partial charge in [0, 0.05) is 5.69 Å². The fourth-order valence-electron chi connectivity index (χ4n) is 2.51. The van der Waals surface area contributed by atoms with Crippen LogP contribution in [0.15, 0.2) is 42.5 Å². The van der Waals surface area contributed by atoms with Gasteiger partial charge in [0.2, 0.25) is 0 Å². The van der Waals surface area contributed by atoms with E-state index in [0.717, 1.165) is 27.9 Å². The van der Waals surface area contributed by atoms with Crippen LogP contribution in [0.4, 0.5) is 5.69 Å².